The highest BCUT2D eigenvalue weighted by Crippen LogP contribution is 2.27. The van der Waals surface area contributed by atoms with Gasteiger partial charge >= 0.3 is 6.03 Å². The Kier molecular flexibility index (Phi) is 6.37. The summed E-state index contributed by atoms with van der Waals surface area (Å²) in [5, 5.41) is 8.18. The number of anilines is 3. The average molecular weight is 357 g/mol. The van der Waals surface area contributed by atoms with Gasteiger partial charge in [0.2, 0.25) is 5.91 Å². The van der Waals surface area contributed by atoms with Gasteiger partial charge in [-0.25, -0.2) is 9.78 Å². The first kappa shape index (κ1) is 19.0. The molecule has 0 aliphatic heterocycles. The number of benzene rings is 1. The molecule has 1 heterocycles. The number of pyridine rings is 1. The van der Waals surface area contributed by atoms with Crippen LogP contribution in [0.3, 0.4) is 0 Å². The largest absolute Gasteiger partial charge is 0.495 e. The Bertz CT molecular complexity index is 792. The molecule has 3 amide bonds. The van der Waals surface area contributed by atoms with E-state index < -0.39 is 0 Å². The molecule has 8 nitrogen and oxygen atoms in total. The van der Waals surface area contributed by atoms with E-state index in [0.717, 1.165) is 11.4 Å². The van der Waals surface area contributed by atoms with Crippen molar-refractivity contribution in [3.05, 3.63) is 42.1 Å². The molecule has 0 fully saturated rings. The average Bonchev–Trinajstić information content (AvgIpc) is 2.60. The zero-order chi connectivity index (χ0) is 19.1. The zero-order valence-electron chi connectivity index (χ0n) is 15.3. The number of carbonyl (C=O) groups is 2. The number of nitrogens with one attached hydrogen (secondary N) is 3. The summed E-state index contributed by atoms with van der Waals surface area (Å²) >= 11 is 0. The number of rotatable bonds is 6. The predicted octanol–water partition coefficient (Wildman–Crippen LogP) is 2.44. The monoisotopic (exact) mass is 357 g/mol. The quantitative estimate of drug-likeness (QED) is 0.738. The van der Waals surface area contributed by atoms with E-state index in [2.05, 4.69) is 20.9 Å². The van der Waals surface area contributed by atoms with Crippen molar-refractivity contribution >= 4 is 29.1 Å². The highest BCUT2D eigenvalue weighted by molar-refractivity contribution is 5.94. The van der Waals surface area contributed by atoms with Crippen molar-refractivity contribution in [3.63, 3.8) is 0 Å². The minimum absolute atomic E-state index is 0.194. The number of methoxy groups -OCH3 is 1. The standard InChI is InChI=1S/C18H23N5O3/c1-12(24)21-14-5-6-16(26-4)15(10-14)22-18(25)20-11-13-7-8-19-17(9-13)23(2)3/h5-10H,11H2,1-4H3,(H,21,24)(H2,20,22,25). The summed E-state index contributed by atoms with van der Waals surface area (Å²) in [7, 11) is 5.32. The van der Waals surface area contributed by atoms with Crippen LogP contribution in [0.4, 0.5) is 22.0 Å². The second kappa shape index (κ2) is 8.70. The molecule has 0 bridgehead atoms. The fourth-order valence-corrected chi connectivity index (χ4v) is 2.25. The maximum Gasteiger partial charge on any atom is 0.319 e. The summed E-state index contributed by atoms with van der Waals surface area (Å²) in [4.78, 5) is 29.5. The first-order valence-corrected chi connectivity index (χ1v) is 8.01. The van der Waals surface area contributed by atoms with E-state index in [-0.39, 0.29) is 11.9 Å². The minimum Gasteiger partial charge on any atom is -0.495 e. The molecule has 2 aromatic rings. The number of aromatic nitrogens is 1. The Morgan fingerprint density at radius 1 is 1.15 bits per heavy atom. The Balaban J connectivity index is 2.02. The molecule has 0 radical (unpaired) electrons. The summed E-state index contributed by atoms with van der Waals surface area (Å²) in [6.07, 6.45) is 1.70. The third-order valence-corrected chi connectivity index (χ3v) is 3.49. The van der Waals surface area contributed by atoms with Gasteiger partial charge in [-0.1, -0.05) is 0 Å². The zero-order valence-corrected chi connectivity index (χ0v) is 15.3. The summed E-state index contributed by atoms with van der Waals surface area (Å²) in [6.45, 7) is 1.77. The van der Waals surface area contributed by atoms with Crippen LogP contribution < -0.4 is 25.6 Å². The fourth-order valence-electron chi connectivity index (χ4n) is 2.25. The maximum absolute atomic E-state index is 12.2. The SMILES string of the molecule is COc1ccc(NC(C)=O)cc1NC(=O)NCc1ccnc(N(C)C)c1. The van der Waals surface area contributed by atoms with Gasteiger partial charge in [0.1, 0.15) is 11.6 Å². The highest BCUT2D eigenvalue weighted by atomic mass is 16.5. The Morgan fingerprint density at radius 3 is 2.58 bits per heavy atom. The van der Waals surface area contributed by atoms with Crippen molar-refractivity contribution in [2.45, 2.75) is 13.5 Å². The minimum atomic E-state index is -0.383. The van der Waals surface area contributed by atoms with Crippen LogP contribution >= 0.6 is 0 Å². The number of hydrogen-bond donors (Lipinski definition) is 3. The van der Waals surface area contributed by atoms with Gasteiger partial charge in [-0.2, -0.15) is 0 Å². The molecule has 1 aromatic carbocycles. The fraction of sp³-hybridized carbons (Fsp3) is 0.278. The van der Waals surface area contributed by atoms with E-state index in [9.17, 15) is 9.59 Å². The first-order valence-electron chi connectivity index (χ1n) is 8.01. The van der Waals surface area contributed by atoms with Gasteiger partial charge in [0, 0.05) is 39.4 Å². The van der Waals surface area contributed by atoms with Crippen molar-refractivity contribution in [1.82, 2.24) is 10.3 Å². The van der Waals surface area contributed by atoms with Crippen LogP contribution in [0.25, 0.3) is 0 Å². The predicted molar refractivity (Wildman–Crippen MR) is 102 cm³/mol. The van der Waals surface area contributed by atoms with Crippen molar-refractivity contribution in [2.24, 2.45) is 0 Å². The van der Waals surface area contributed by atoms with E-state index in [4.69, 9.17) is 4.74 Å². The molecule has 0 aliphatic carbocycles. The molecule has 2 rings (SSSR count). The third kappa shape index (κ3) is 5.37. The maximum atomic E-state index is 12.2. The van der Waals surface area contributed by atoms with Crippen LogP contribution in [0, 0.1) is 0 Å². The van der Waals surface area contributed by atoms with Crippen LogP contribution in [0.15, 0.2) is 36.5 Å². The number of urea groups is 1. The van der Waals surface area contributed by atoms with E-state index in [1.54, 1.807) is 24.4 Å². The van der Waals surface area contributed by atoms with Crippen molar-refractivity contribution in [2.75, 3.05) is 36.7 Å². The number of carbonyl (C=O) groups excluding carboxylic acids is 2. The van der Waals surface area contributed by atoms with Gasteiger partial charge in [-0.05, 0) is 35.9 Å². The highest BCUT2D eigenvalue weighted by Gasteiger charge is 2.09. The first-order chi connectivity index (χ1) is 12.4. The number of hydrogen-bond acceptors (Lipinski definition) is 5. The van der Waals surface area contributed by atoms with Gasteiger partial charge in [0.15, 0.2) is 0 Å². The lowest BCUT2D eigenvalue weighted by molar-refractivity contribution is -0.114. The van der Waals surface area contributed by atoms with Crippen molar-refractivity contribution in [3.8, 4) is 5.75 Å². The molecular formula is C18H23N5O3. The van der Waals surface area contributed by atoms with Crippen LogP contribution in [0.5, 0.6) is 5.75 Å². The van der Waals surface area contributed by atoms with E-state index in [1.807, 2.05) is 31.1 Å². The van der Waals surface area contributed by atoms with Crippen LogP contribution in [0.2, 0.25) is 0 Å². The molecular weight excluding hydrogens is 334 g/mol. The van der Waals surface area contributed by atoms with Crippen molar-refractivity contribution < 1.29 is 14.3 Å². The smallest absolute Gasteiger partial charge is 0.319 e. The summed E-state index contributed by atoms with van der Waals surface area (Å²) in [5.74, 6) is 1.11. The normalized spacial score (nSPS) is 10.0. The number of amides is 3. The lowest BCUT2D eigenvalue weighted by Gasteiger charge is -2.14. The van der Waals surface area contributed by atoms with Crippen molar-refractivity contribution in [1.29, 1.82) is 0 Å². The van der Waals surface area contributed by atoms with Gasteiger partial charge in [-0.3, -0.25) is 4.79 Å². The molecule has 0 spiro atoms. The van der Waals surface area contributed by atoms with Crippen LogP contribution in [-0.4, -0.2) is 38.1 Å². The Labute approximate surface area is 152 Å². The summed E-state index contributed by atoms with van der Waals surface area (Å²) < 4.78 is 5.24. The van der Waals surface area contributed by atoms with E-state index in [0.29, 0.717) is 23.7 Å². The third-order valence-electron chi connectivity index (χ3n) is 3.49. The molecule has 0 saturated heterocycles. The molecule has 0 saturated carbocycles. The Morgan fingerprint density at radius 2 is 1.92 bits per heavy atom. The lowest BCUT2D eigenvalue weighted by atomic mass is 10.2. The second-order valence-electron chi connectivity index (χ2n) is 5.82. The van der Waals surface area contributed by atoms with Gasteiger partial charge in [0.25, 0.3) is 0 Å². The molecule has 0 aliphatic rings. The van der Waals surface area contributed by atoms with Gasteiger partial charge in [-0.15, -0.1) is 0 Å². The second-order valence-corrected chi connectivity index (χ2v) is 5.82. The number of nitrogens with zero attached hydrogens (tertiary/aromatic N) is 2. The Hall–Kier alpha value is -3.29. The van der Waals surface area contributed by atoms with E-state index >= 15 is 0 Å². The summed E-state index contributed by atoms with van der Waals surface area (Å²) in [5.41, 5.74) is 1.95. The number of ether oxygens (including phenoxy) is 1. The lowest BCUT2D eigenvalue weighted by Crippen LogP contribution is -2.28. The van der Waals surface area contributed by atoms with Crippen LogP contribution in [-0.2, 0) is 11.3 Å². The van der Waals surface area contributed by atoms with E-state index in [1.165, 1.54) is 14.0 Å². The molecule has 26 heavy (non-hydrogen) atoms. The molecule has 0 unspecified atom stereocenters. The molecule has 3 N–H and O–H groups in total. The molecule has 1 aromatic heterocycles. The topological polar surface area (TPSA) is 95.6 Å². The molecule has 8 heteroatoms. The van der Waals surface area contributed by atoms with Gasteiger partial charge < -0.3 is 25.6 Å². The van der Waals surface area contributed by atoms with Gasteiger partial charge in [0.05, 0.1) is 12.8 Å². The summed E-state index contributed by atoms with van der Waals surface area (Å²) in [6, 6.07) is 8.36. The molecule has 0 atom stereocenters. The molecule has 138 valence electrons. The van der Waals surface area contributed by atoms with Crippen LogP contribution in [0.1, 0.15) is 12.5 Å².